The summed E-state index contributed by atoms with van der Waals surface area (Å²) in [6, 6.07) is 2.71. The van der Waals surface area contributed by atoms with Crippen LogP contribution in [0.25, 0.3) is 11.0 Å². The zero-order valence-electron chi connectivity index (χ0n) is 17.1. The minimum absolute atomic E-state index is 0.0283. The van der Waals surface area contributed by atoms with Crippen molar-refractivity contribution < 1.29 is 32.2 Å². The Morgan fingerprint density at radius 2 is 1.90 bits per heavy atom. The highest BCUT2D eigenvalue weighted by molar-refractivity contribution is 6.05. The third-order valence-electron chi connectivity index (χ3n) is 6.03. The van der Waals surface area contributed by atoms with Gasteiger partial charge in [0.2, 0.25) is 11.9 Å². The van der Waals surface area contributed by atoms with Gasteiger partial charge in [0.05, 0.1) is 25.3 Å². The molecule has 2 N–H and O–H groups in total. The fraction of sp³-hybridized carbons (Fsp3) is 0.550. The number of benzene rings is 1. The highest BCUT2D eigenvalue weighted by atomic mass is 19.4. The smallest absolute Gasteiger partial charge is 0.440 e. The van der Waals surface area contributed by atoms with E-state index in [9.17, 15) is 22.8 Å². The highest BCUT2D eigenvalue weighted by Gasteiger charge is 2.67. The van der Waals surface area contributed by atoms with E-state index in [4.69, 9.17) is 9.47 Å². The maximum absolute atomic E-state index is 14.4. The van der Waals surface area contributed by atoms with Crippen molar-refractivity contribution in [3.63, 3.8) is 0 Å². The molecule has 0 spiro atoms. The Balaban J connectivity index is 1.76. The van der Waals surface area contributed by atoms with Crippen molar-refractivity contribution in [3.8, 4) is 11.5 Å². The first-order valence-corrected chi connectivity index (χ1v) is 10.1. The van der Waals surface area contributed by atoms with Gasteiger partial charge in [0.15, 0.2) is 11.5 Å². The summed E-state index contributed by atoms with van der Waals surface area (Å²) >= 11 is 0. The number of imidazole rings is 1. The Morgan fingerprint density at radius 1 is 1.26 bits per heavy atom. The van der Waals surface area contributed by atoms with Crippen LogP contribution in [0.2, 0.25) is 0 Å². The van der Waals surface area contributed by atoms with E-state index in [-0.39, 0.29) is 34.9 Å². The zero-order valence-corrected chi connectivity index (χ0v) is 17.1. The fourth-order valence-electron chi connectivity index (χ4n) is 4.46. The number of amides is 2. The summed E-state index contributed by atoms with van der Waals surface area (Å²) in [5.41, 5.74) is -3.18. The number of rotatable bonds is 6. The molecule has 2 aliphatic rings. The number of nitrogens with one attached hydrogen (secondary N) is 2. The Bertz CT molecular complexity index is 1030. The molecule has 1 saturated carbocycles. The minimum Gasteiger partial charge on any atom is -0.493 e. The van der Waals surface area contributed by atoms with Crippen molar-refractivity contribution in [1.29, 1.82) is 0 Å². The molecule has 168 valence electrons. The summed E-state index contributed by atoms with van der Waals surface area (Å²) in [7, 11) is 2.73. The van der Waals surface area contributed by atoms with Crippen molar-refractivity contribution in [1.82, 2.24) is 14.9 Å². The second-order valence-electron chi connectivity index (χ2n) is 7.87. The van der Waals surface area contributed by atoms with E-state index in [0.29, 0.717) is 16.9 Å². The van der Waals surface area contributed by atoms with Crippen LogP contribution < -0.4 is 20.1 Å². The average molecular weight is 440 g/mol. The number of methoxy groups -OCH3 is 2. The molecule has 1 aromatic heterocycles. The number of aromatic nitrogens is 2. The van der Waals surface area contributed by atoms with Crippen LogP contribution in [0, 0.1) is 5.92 Å². The first-order chi connectivity index (χ1) is 14.7. The number of halogens is 3. The molecule has 0 saturated heterocycles. The lowest BCUT2D eigenvalue weighted by molar-refractivity contribution is -0.217. The van der Waals surface area contributed by atoms with Gasteiger partial charge in [-0.05, 0) is 12.3 Å². The van der Waals surface area contributed by atoms with E-state index in [2.05, 4.69) is 10.3 Å². The largest absolute Gasteiger partial charge is 0.493 e. The van der Waals surface area contributed by atoms with Crippen LogP contribution >= 0.6 is 0 Å². The Hall–Kier alpha value is -2.98. The SMILES string of the molecule is COc1cc2nc3n(c2cc1OC)C(NC(=O)CCC1CCCC1)(C(F)(F)F)C(=O)N3. The van der Waals surface area contributed by atoms with Crippen LogP contribution in [0.4, 0.5) is 19.1 Å². The molecule has 2 aromatic rings. The lowest BCUT2D eigenvalue weighted by atomic mass is 10.0. The standard InChI is InChI=1S/C20H23F3N4O4/c1-30-14-9-12-13(10-15(14)31-2)27-18(24-12)25-17(29)19(27,20(21,22)23)26-16(28)8-7-11-5-3-4-6-11/h9-11H,3-8H2,1-2H3,(H,26,28)(H,24,25,29). The normalized spacial score (nSPS) is 21.3. The first kappa shape index (κ1) is 21.3. The van der Waals surface area contributed by atoms with Gasteiger partial charge in [-0.2, -0.15) is 13.2 Å². The summed E-state index contributed by atoms with van der Waals surface area (Å²) in [5.74, 6) is -1.80. The minimum atomic E-state index is -5.12. The van der Waals surface area contributed by atoms with E-state index in [1.54, 1.807) is 0 Å². The topological polar surface area (TPSA) is 94.5 Å². The van der Waals surface area contributed by atoms with Crippen molar-refractivity contribution in [3.05, 3.63) is 12.1 Å². The number of hydrogen-bond donors (Lipinski definition) is 2. The van der Waals surface area contributed by atoms with Gasteiger partial charge in [-0.25, -0.2) is 4.98 Å². The molecule has 8 nitrogen and oxygen atoms in total. The molecule has 2 amide bonds. The van der Waals surface area contributed by atoms with E-state index in [1.807, 2.05) is 5.32 Å². The highest BCUT2D eigenvalue weighted by Crippen LogP contribution is 2.45. The van der Waals surface area contributed by atoms with Gasteiger partial charge in [-0.1, -0.05) is 25.7 Å². The predicted molar refractivity (Wildman–Crippen MR) is 105 cm³/mol. The molecule has 2 heterocycles. The van der Waals surface area contributed by atoms with Crippen molar-refractivity contribution in [2.45, 2.75) is 50.4 Å². The number of carbonyl (C=O) groups excluding carboxylic acids is 2. The molecular formula is C20H23F3N4O4. The second-order valence-corrected chi connectivity index (χ2v) is 7.87. The monoisotopic (exact) mass is 440 g/mol. The van der Waals surface area contributed by atoms with Gasteiger partial charge in [-0.15, -0.1) is 0 Å². The van der Waals surface area contributed by atoms with Gasteiger partial charge < -0.3 is 14.8 Å². The molecule has 1 atom stereocenters. The van der Waals surface area contributed by atoms with Gasteiger partial charge in [0.1, 0.15) is 0 Å². The molecule has 4 rings (SSSR count). The van der Waals surface area contributed by atoms with Gasteiger partial charge >= 0.3 is 6.18 Å². The molecular weight excluding hydrogens is 417 g/mol. The van der Waals surface area contributed by atoms with Gasteiger partial charge in [0, 0.05) is 18.6 Å². The summed E-state index contributed by atoms with van der Waals surface area (Å²) in [6.45, 7) is 0. The molecule has 0 radical (unpaired) electrons. The number of alkyl halides is 3. The van der Waals surface area contributed by atoms with E-state index in [0.717, 1.165) is 25.7 Å². The number of hydrogen-bond acceptors (Lipinski definition) is 5. The molecule has 1 aliphatic carbocycles. The molecule has 1 fully saturated rings. The summed E-state index contributed by atoms with van der Waals surface area (Å²) < 4.78 is 54.2. The summed E-state index contributed by atoms with van der Waals surface area (Å²) in [4.78, 5) is 29.3. The van der Waals surface area contributed by atoms with Crippen LogP contribution in [0.15, 0.2) is 12.1 Å². The maximum atomic E-state index is 14.4. The van der Waals surface area contributed by atoms with Crippen molar-refractivity contribution in [2.24, 2.45) is 5.92 Å². The Morgan fingerprint density at radius 3 is 2.52 bits per heavy atom. The van der Waals surface area contributed by atoms with E-state index < -0.39 is 23.7 Å². The molecule has 11 heteroatoms. The lowest BCUT2D eigenvalue weighted by Gasteiger charge is -2.32. The molecule has 31 heavy (non-hydrogen) atoms. The quantitative estimate of drug-likeness (QED) is 0.719. The van der Waals surface area contributed by atoms with Crippen molar-refractivity contribution in [2.75, 3.05) is 19.5 Å². The second kappa shape index (κ2) is 7.61. The fourth-order valence-corrected chi connectivity index (χ4v) is 4.46. The third kappa shape index (κ3) is 3.35. The average Bonchev–Trinajstić information content (AvgIpc) is 3.41. The third-order valence-corrected chi connectivity index (χ3v) is 6.03. The summed E-state index contributed by atoms with van der Waals surface area (Å²) in [6.07, 6.45) is -0.648. The number of anilines is 1. The molecule has 0 bridgehead atoms. The van der Waals surface area contributed by atoms with Crippen molar-refractivity contribution >= 4 is 28.8 Å². The van der Waals surface area contributed by atoms with Crippen LogP contribution in [0.1, 0.15) is 38.5 Å². The van der Waals surface area contributed by atoms with Crippen LogP contribution in [0.3, 0.4) is 0 Å². The number of carbonyl (C=O) groups is 2. The number of nitrogens with zero attached hydrogens (tertiary/aromatic N) is 2. The summed E-state index contributed by atoms with van der Waals surface area (Å²) in [5, 5.41) is 4.14. The maximum Gasteiger partial charge on any atom is 0.440 e. The molecule has 1 aliphatic heterocycles. The van der Waals surface area contributed by atoms with Gasteiger partial charge in [-0.3, -0.25) is 19.5 Å². The van der Waals surface area contributed by atoms with Crippen LogP contribution in [-0.4, -0.2) is 41.8 Å². The first-order valence-electron chi connectivity index (χ1n) is 10.1. The van der Waals surface area contributed by atoms with E-state index >= 15 is 0 Å². The van der Waals surface area contributed by atoms with Gasteiger partial charge in [0.25, 0.3) is 11.6 Å². The Kier molecular flexibility index (Phi) is 5.22. The molecule has 1 unspecified atom stereocenters. The lowest BCUT2D eigenvalue weighted by Crippen LogP contribution is -2.63. The van der Waals surface area contributed by atoms with Crippen LogP contribution in [-0.2, 0) is 15.3 Å². The zero-order chi connectivity index (χ0) is 22.4. The number of ether oxygens (including phenoxy) is 2. The van der Waals surface area contributed by atoms with Crippen LogP contribution in [0.5, 0.6) is 11.5 Å². The van der Waals surface area contributed by atoms with E-state index in [1.165, 1.54) is 26.4 Å². The molecule has 1 aromatic carbocycles. The predicted octanol–water partition coefficient (Wildman–Crippen LogP) is 3.31. The Labute approximate surface area is 176 Å². The number of fused-ring (bicyclic) bond motifs is 3.